The molecule has 0 atom stereocenters. The summed E-state index contributed by atoms with van der Waals surface area (Å²) in [4.78, 5) is 16.5. The molecule has 1 aliphatic rings. The smallest absolute Gasteiger partial charge is 0.354 e. The topological polar surface area (TPSA) is 74.8 Å². The fraction of sp³-hybridized carbons (Fsp3) is 0.353. The van der Waals surface area contributed by atoms with Crippen LogP contribution in [0.5, 0.6) is 5.75 Å². The van der Waals surface area contributed by atoms with Gasteiger partial charge in [0.2, 0.25) is 0 Å². The zero-order valence-electron chi connectivity index (χ0n) is 13.0. The molecular formula is C17H20N2O4. The van der Waals surface area contributed by atoms with Gasteiger partial charge in [-0.3, -0.25) is 0 Å². The van der Waals surface area contributed by atoms with Crippen molar-refractivity contribution < 1.29 is 19.4 Å². The van der Waals surface area contributed by atoms with Gasteiger partial charge in [0.1, 0.15) is 11.4 Å². The Morgan fingerprint density at radius 1 is 1.30 bits per heavy atom. The van der Waals surface area contributed by atoms with Crippen LogP contribution in [0.4, 0.5) is 5.69 Å². The van der Waals surface area contributed by atoms with Gasteiger partial charge >= 0.3 is 5.97 Å². The van der Waals surface area contributed by atoms with Crippen molar-refractivity contribution in [1.29, 1.82) is 0 Å². The highest BCUT2D eigenvalue weighted by atomic mass is 16.5. The lowest BCUT2D eigenvalue weighted by atomic mass is 10.0. The molecule has 0 aliphatic carbocycles. The SMILES string of the molecule is COc1ccc(Cc2c[nH]c(C(=O)O)c2N2CCOCC2)cc1. The average Bonchev–Trinajstić information content (AvgIpc) is 3.00. The van der Waals surface area contributed by atoms with Crippen LogP contribution in [0.25, 0.3) is 0 Å². The first-order valence-electron chi connectivity index (χ1n) is 7.58. The Morgan fingerprint density at radius 2 is 2.00 bits per heavy atom. The summed E-state index contributed by atoms with van der Waals surface area (Å²) in [5.74, 6) is -0.130. The van der Waals surface area contributed by atoms with Gasteiger partial charge in [-0.2, -0.15) is 0 Å². The van der Waals surface area contributed by atoms with Gasteiger partial charge in [0.15, 0.2) is 0 Å². The standard InChI is InChI=1S/C17H20N2O4/c1-22-14-4-2-12(3-5-14)10-13-11-18-15(17(20)21)16(13)19-6-8-23-9-7-19/h2-5,11,18H,6-10H2,1H3,(H,20,21). The Bertz CT molecular complexity index is 672. The van der Waals surface area contributed by atoms with Crippen molar-refractivity contribution in [2.75, 3.05) is 38.3 Å². The van der Waals surface area contributed by atoms with Crippen LogP contribution in [0.15, 0.2) is 30.5 Å². The fourth-order valence-corrected chi connectivity index (χ4v) is 2.87. The number of benzene rings is 1. The van der Waals surface area contributed by atoms with E-state index in [0.717, 1.165) is 22.6 Å². The molecule has 0 amide bonds. The van der Waals surface area contributed by atoms with E-state index in [4.69, 9.17) is 9.47 Å². The van der Waals surface area contributed by atoms with E-state index in [0.29, 0.717) is 32.7 Å². The molecule has 1 saturated heterocycles. The number of hydrogen-bond acceptors (Lipinski definition) is 4. The van der Waals surface area contributed by atoms with Crippen molar-refractivity contribution in [3.05, 3.63) is 47.3 Å². The van der Waals surface area contributed by atoms with E-state index in [1.165, 1.54) is 0 Å². The molecule has 1 aromatic heterocycles. The molecule has 6 nitrogen and oxygen atoms in total. The number of carboxylic acids is 1. The van der Waals surface area contributed by atoms with E-state index in [1.807, 2.05) is 24.3 Å². The van der Waals surface area contributed by atoms with Crippen molar-refractivity contribution >= 4 is 11.7 Å². The van der Waals surface area contributed by atoms with E-state index in [-0.39, 0.29) is 5.69 Å². The third-order valence-corrected chi connectivity index (χ3v) is 4.03. The van der Waals surface area contributed by atoms with Gasteiger partial charge < -0.3 is 24.5 Å². The summed E-state index contributed by atoms with van der Waals surface area (Å²) in [5.41, 5.74) is 3.11. The lowest BCUT2D eigenvalue weighted by Gasteiger charge is -2.29. The van der Waals surface area contributed by atoms with Gasteiger partial charge in [-0.1, -0.05) is 12.1 Å². The molecule has 2 N–H and O–H groups in total. The second kappa shape index (κ2) is 6.75. The predicted octanol–water partition coefficient (Wildman–Crippen LogP) is 2.15. The highest BCUT2D eigenvalue weighted by Gasteiger charge is 2.23. The number of methoxy groups -OCH3 is 1. The zero-order valence-corrected chi connectivity index (χ0v) is 13.0. The van der Waals surface area contributed by atoms with E-state index < -0.39 is 5.97 Å². The Morgan fingerprint density at radius 3 is 2.61 bits per heavy atom. The molecule has 0 bridgehead atoms. The van der Waals surface area contributed by atoms with E-state index in [1.54, 1.807) is 13.3 Å². The largest absolute Gasteiger partial charge is 0.497 e. The maximum atomic E-state index is 11.5. The molecule has 6 heteroatoms. The van der Waals surface area contributed by atoms with Gasteiger partial charge in [0.25, 0.3) is 0 Å². The van der Waals surface area contributed by atoms with Gasteiger partial charge in [0.05, 0.1) is 26.0 Å². The normalized spacial score (nSPS) is 14.7. The third kappa shape index (κ3) is 3.32. The molecular weight excluding hydrogens is 296 g/mol. The number of nitrogens with one attached hydrogen (secondary N) is 1. The number of aromatic carboxylic acids is 1. The zero-order chi connectivity index (χ0) is 16.2. The molecule has 0 unspecified atom stereocenters. The first-order valence-corrected chi connectivity index (χ1v) is 7.58. The van der Waals surface area contributed by atoms with Crippen molar-refractivity contribution in [1.82, 2.24) is 4.98 Å². The first-order chi connectivity index (χ1) is 11.2. The average molecular weight is 316 g/mol. The molecule has 0 saturated carbocycles. The van der Waals surface area contributed by atoms with Crippen LogP contribution < -0.4 is 9.64 Å². The summed E-state index contributed by atoms with van der Waals surface area (Å²) in [6.07, 6.45) is 2.46. The molecule has 2 aromatic rings. The van der Waals surface area contributed by atoms with Crippen LogP contribution >= 0.6 is 0 Å². The van der Waals surface area contributed by atoms with Gasteiger partial charge in [-0.25, -0.2) is 4.79 Å². The lowest BCUT2D eigenvalue weighted by Crippen LogP contribution is -2.37. The Labute approximate surface area is 134 Å². The van der Waals surface area contributed by atoms with Crippen LogP contribution in [0.3, 0.4) is 0 Å². The number of anilines is 1. The minimum absolute atomic E-state index is 0.246. The molecule has 0 spiro atoms. The van der Waals surface area contributed by atoms with Crippen LogP contribution in [-0.4, -0.2) is 49.5 Å². The van der Waals surface area contributed by atoms with Crippen molar-refractivity contribution in [2.24, 2.45) is 0 Å². The highest BCUT2D eigenvalue weighted by molar-refractivity contribution is 5.93. The van der Waals surface area contributed by atoms with Crippen LogP contribution in [-0.2, 0) is 11.2 Å². The second-order valence-corrected chi connectivity index (χ2v) is 5.47. The summed E-state index contributed by atoms with van der Waals surface area (Å²) < 4.78 is 10.5. The maximum Gasteiger partial charge on any atom is 0.354 e. The summed E-state index contributed by atoms with van der Waals surface area (Å²) >= 11 is 0. The van der Waals surface area contributed by atoms with Crippen molar-refractivity contribution in [3.8, 4) is 5.75 Å². The summed E-state index contributed by atoms with van der Waals surface area (Å²) in [7, 11) is 1.64. The lowest BCUT2D eigenvalue weighted by molar-refractivity contribution is 0.0690. The predicted molar refractivity (Wildman–Crippen MR) is 86.6 cm³/mol. The number of nitrogens with zero attached hydrogens (tertiary/aromatic N) is 1. The second-order valence-electron chi connectivity index (χ2n) is 5.47. The Balaban J connectivity index is 1.89. The third-order valence-electron chi connectivity index (χ3n) is 4.03. The minimum atomic E-state index is -0.938. The number of H-pyrrole nitrogens is 1. The fourth-order valence-electron chi connectivity index (χ4n) is 2.87. The van der Waals surface area contributed by atoms with Crippen LogP contribution in [0.1, 0.15) is 21.6 Å². The van der Waals surface area contributed by atoms with Crippen molar-refractivity contribution in [3.63, 3.8) is 0 Å². The summed E-state index contributed by atoms with van der Waals surface area (Å²) in [6, 6.07) is 7.81. The number of aromatic amines is 1. The van der Waals surface area contributed by atoms with Gasteiger partial charge in [-0.15, -0.1) is 0 Å². The van der Waals surface area contributed by atoms with E-state index in [9.17, 15) is 9.90 Å². The van der Waals surface area contributed by atoms with E-state index in [2.05, 4.69) is 9.88 Å². The molecule has 1 aliphatic heterocycles. The van der Waals surface area contributed by atoms with Crippen molar-refractivity contribution in [2.45, 2.75) is 6.42 Å². The van der Waals surface area contributed by atoms with Gasteiger partial charge in [-0.05, 0) is 23.3 Å². The minimum Gasteiger partial charge on any atom is -0.497 e. The van der Waals surface area contributed by atoms with Crippen LogP contribution in [0, 0.1) is 0 Å². The number of aromatic nitrogens is 1. The molecule has 23 heavy (non-hydrogen) atoms. The number of rotatable bonds is 5. The number of hydrogen-bond donors (Lipinski definition) is 2. The van der Waals surface area contributed by atoms with Crippen LogP contribution in [0.2, 0.25) is 0 Å². The highest BCUT2D eigenvalue weighted by Crippen LogP contribution is 2.29. The molecule has 2 heterocycles. The Kier molecular flexibility index (Phi) is 4.52. The monoisotopic (exact) mass is 316 g/mol. The number of carbonyl (C=O) groups is 1. The Hall–Kier alpha value is -2.47. The number of morpholine rings is 1. The molecule has 0 radical (unpaired) electrons. The molecule has 3 rings (SSSR count). The maximum absolute atomic E-state index is 11.5. The first kappa shape index (κ1) is 15.4. The molecule has 122 valence electrons. The quantitative estimate of drug-likeness (QED) is 0.884. The number of carboxylic acid groups (broad SMARTS) is 1. The van der Waals surface area contributed by atoms with E-state index >= 15 is 0 Å². The van der Waals surface area contributed by atoms with Gasteiger partial charge in [0, 0.05) is 25.7 Å². The molecule has 1 fully saturated rings. The number of ether oxygens (including phenoxy) is 2. The summed E-state index contributed by atoms with van der Waals surface area (Å²) in [6.45, 7) is 2.64. The summed E-state index contributed by atoms with van der Waals surface area (Å²) in [5, 5.41) is 9.44. The molecule has 1 aromatic carbocycles.